The van der Waals surface area contributed by atoms with Crippen LogP contribution in [0.3, 0.4) is 0 Å². The van der Waals surface area contributed by atoms with Gasteiger partial charge in [-0.2, -0.15) is 0 Å². The Hall–Kier alpha value is -3.06. The quantitative estimate of drug-likeness (QED) is 0.222. The van der Waals surface area contributed by atoms with Crippen LogP contribution in [0.5, 0.6) is 5.75 Å². The smallest absolute Gasteiger partial charge is 0.167 e. The highest BCUT2D eigenvalue weighted by Crippen LogP contribution is 2.30. The zero-order valence-corrected chi connectivity index (χ0v) is 22.0. The molecule has 0 spiro atoms. The lowest BCUT2D eigenvalue weighted by molar-refractivity contribution is -0.105. The first kappa shape index (κ1) is 27.5. The number of carbonyl (C=O) groups is 1. The first-order chi connectivity index (χ1) is 17.4. The van der Waals surface area contributed by atoms with Crippen LogP contribution in [0.2, 0.25) is 0 Å². The molecule has 196 valence electrons. The van der Waals surface area contributed by atoms with Gasteiger partial charge in [0.1, 0.15) is 11.6 Å². The van der Waals surface area contributed by atoms with E-state index in [2.05, 4.69) is 5.32 Å². The lowest BCUT2D eigenvalue weighted by Gasteiger charge is -2.34. The predicted octanol–water partition coefficient (Wildman–Crippen LogP) is 5.55. The van der Waals surface area contributed by atoms with Crippen molar-refractivity contribution in [3.05, 3.63) is 71.3 Å². The maximum atomic E-state index is 13.7. The fourth-order valence-electron chi connectivity index (χ4n) is 4.76. The van der Waals surface area contributed by atoms with E-state index < -0.39 is 0 Å². The minimum Gasteiger partial charge on any atom is -0.494 e. The van der Waals surface area contributed by atoms with E-state index in [1.54, 1.807) is 6.07 Å². The first-order valence-electron chi connectivity index (χ1n) is 12.8. The number of rotatable bonds is 13. The van der Waals surface area contributed by atoms with Crippen LogP contribution in [0.4, 0.5) is 10.1 Å². The third-order valence-corrected chi connectivity index (χ3v) is 6.98. The van der Waals surface area contributed by atoms with E-state index in [1.165, 1.54) is 12.1 Å². The Balaban J connectivity index is 1.50. The van der Waals surface area contributed by atoms with Crippen LogP contribution in [0.25, 0.3) is 0 Å². The molecule has 0 aliphatic heterocycles. The number of ether oxygens (including phenoxy) is 2. The Kier molecular flexibility index (Phi) is 10.6. The summed E-state index contributed by atoms with van der Waals surface area (Å²) in [5.41, 5.74) is 3.26. The number of anilines is 1. The number of allylic oxidation sites excluding steroid dienone is 2. The molecule has 1 aliphatic rings. The minimum absolute atomic E-state index is 0.282. The van der Waals surface area contributed by atoms with E-state index in [1.807, 2.05) is 68.3 Å². The fourth-order valence-corrected chi connectivity index (χ4v) is 4.76. The molecule has 0 amide bonds. The summed E-state index contributed by atoms with van der Waals surface area (Å²) in [6.45, 7) is 6.13. The number of hydrogen-bond acceptors (Lipinski definition) is 6. The lowest BCUT2D eigenvalue weighted by Crippen LogP contribution is -2.38. The number of carbonyl (C=O) groups excluding carboxylic acids is 1. The molecule has 0 saturated heterocycles. The van der Waals surface area contributed by atoms with E-state index in [9.17, 15) is 9.18 Å². The molecule has 0 heterocycles. The summed E-state index contributed by atoms with van der Waals surface area (Å²) < 4.78 is 25.3. The molecule has 6 nitrogen and oxygen atoms in total. The highest BCUT2D eigenvalue weighted by molar-refractivity contribution is 5.73. The van der Waals surface area contributed by atoms with Crippen LogP contribution < -0.4 is 15.1 Å². The number of benzene rings is 2. The van der Waals surface area contributed by atoms with E-state index >= 15 is 0 Å². The second kappa shape index (κ2) is 13.9. The molecule has 0 aromatic heterocycles. The van der Waals surface area contributed by atoms with Crippen molar-refractivity contribution in [2.75, 3.05) is 38.9 Å². The Labute approximate surface area is 215 Å². The average molecular weight is 498 g/mol. The lowest BCUT2D eigenvalue weighted by atomic mass is 9.82. The largest absolute Gasteiger partial charge is 0.494 e. The molecule has 0 radical (unpaired) electrons. The van der Waals surface area contributed by atoms with Crippen LogP contribution in [-0.4, -0.2) is 45.1 Å². The molecule has 7 heteroatoms. The van der Waals surface area contributed by atoms with Gasteiger partial charge in [0.05, 0.1) is 30.3 Å². The van der Waals surface area contributed by atoms with Gasteiger partial charge in [-0.1, -0.05) is 24.6 Å². The number of hydrogen-bond donors (Lipinski definition) is 1. The molecule has 3 rings (SSSR count). The maximum absolute atomic E-state index is 13.7. The Bertz CT molecular complexity index is 999. The Morgan fingerprint density at radius 1 is 1.14 bits per heavy atom. The van der Waals surface area contributed by atoms with Crippen molar-refractivity contribution in [3.8, 4) is 5.75 Å². The summed E-state index contributed by atoms with van der Waals surface area (Å²) in [6, 6.07) is 14.6. The van der Waals surface area contributed by atoms with E-state index in [0.717, 1.165) is 55.5 Å². The number of hydrazine groups is 1. The van der Waals surface area contributed by atoms with Gasteiger partial charge in [0.2, 0.25) is 0 Å². The highest BCUT2D eigenvalue weighted by atomic mass is 19.1. The summed E-state index contributed by atoms with van der Waals surface area (Å²) in [5.74, 6) is 1.32. The number of halogens is 1. The zero-order chi connectivity index (χ0) is 25.9. The van der Waals surface area contributed by atoms with Gasteiger partial charge < -0.3 is 14.8 Å². The van der Waals surface area contributed by atoms with Crippen molar-refractivity contribution in [1.29, 1.82) is 0 Å². The van der Waals surface area contributed by atoms with E-state index in [0.29, 0.717) is 43.1 Å². The van der Waals surface area contributed by atoms with Crippen LogP contribution in [0.1, 0.15) is 45.1 Å². The zero-order valence-electron chi connectivity index (χ0n) is 22.0. The van der Waals surface area contributed by atoms with Crippen molar-refractivity contribution >= 4 is 12.0 Å². The maximum Gasteiger partial charge on any atom is 0.167 e. The van der Waals surface area contributed by atoms with Crippen LogP contribution in [-0.2, 0) is 16.1 Å². The second-order valence-electron chi connectivity index (χ2n) is 9.48. The third-order valence-electron chi connectivity index (χ3n) is 6.98. The SMILES string of the molecule is CCOc1ccc(F)cc1COCC1CCCC(CN/C(C=O)=C(\C)N(C)N(C)c2ccccc2)C1. The van der Waals surface area contributed by atoms with Crippen LogP contribution in [0.15, 0.2) is 59.9 Å². The number of aldehydes is 1. The third kappa shape index (κ3) is 7.72. The van der Waals surface area contributed by atoms with Gasteiger partial charge >= 0.3 is 0 Å². The van der Waals surface area contributed by atoms with Gasteiger partial charge in [-0.05, 0) is 75.3 Å². The van der Waals surface area contributed by atoms with Gasteiger partial charge in [0.25, 0.3) is 0 Å². The topological polar surface area (TPSA) is 54.0 Å². The minimum atomic E-state index is -0.282. The number of nitrogens with zero attached hydrogens (tertiary/aromatic N) is 2. The van der Waals surface area contributed by atoms with Crippen molar-refractivity contribution in [2.45, 2.75) is 46.1 Å². The van der Waals surface area contributed by atoms with E-state index in [-0.39, 0.29) is 5.82 Å². The molecule has 1 fully saturated rings. The summed E-state index contributed by atoms with van der Waals surface area (Å²) in [7, 11) is 3.94. The molecule has 2 atom stereocenters. The van der Waals surface area contributed by atoms with Gasteiger partial charge in [-0.25, -0.2) is 4.39 Å². The molecule has 1 saturated carbocycles. The summed E-state index contributed by atoms with van der Waals surface area (Å²) in [5, 5.41) is 7.40. The van der Waals surface area contributed by atoms with Gasteiger partial charge in [0, 0.05) is 32.8 Å². The Morgan fingerprint density at radius 2 is 1.89 bits per heavy atom. The second-order valence-corrected chi connectivity index (χ2v) is 9.48. The van der Waals surface area contributed by atoms with Crippen LogP contribution in [0, 0.1) is 17.7 Å². The summed E-state index contributed by atoms with van der Waals surface area (Å²) in [6.07, 6.45) is 5.34. The highest BCUT2D eigenvalue weighted by Gasteiger charge is 2.23. The number of nitrogens with one attached hydrogen (secondary N) is 1. The normalized spacial score (nSPS) is 18.2. The van der Waals surface area contributed by atoms with Gasteiger partial charge in [-0.15, -0.1) is 0 Å². The van der Waals surface area contributed by atoms with Crippen LogP contribution >= 0.6 is 0 Å². The molecule has 2 aromatic carbocycles. The van der Waals surface area contributed by atoms with Crippen molar-refractivity contribution in [1.82, 2.24) is 10.3 Å². The molecular weight excluding hydrogens is 457 g/mol. The summed E-state index contributed by atoms with van der Waals surface area (Å²) >= 11 is 0. The van der Waals surface area contributed by atoms with Gasteiger partial charge in [-0.3, -0.25) is 14.8 Å². The average Bonchev–Trinajstić information content (AvgIpc) is 2.90. The standard InChI is InChI=1S/C29H40FN3O3/c1-5-36-29-15-14-26(30)17-25(29)21-35-20-24-11-9-10-23(16-24)18-31-28(19-34)22(2)32(3)33(4)27-12-7-6-8-13-27/h6-8,12-15,17,19,23-24,31H,5,9-11,16,18,20-21H2,1-4H3/b28-22+. The number of para-hydroxylation sites is 1. The molecule has 1 aliphatic carbocycles. The molecule has 0 bridgehead atoms. The first-order valence-corrected chi connectivity index (χ1v) is 12.8. The Morgan fingerprint density at radius 3 is 2.61 bits per heavy atom. The van der Waals surface area contributed by atoms with E-state index in [4.69, 9.17) is 9.47 Å². The van der Waals surface area contributed by atoms with Gasteiger partial charge in [0.15, 0.2) is 6.29 Å². The molecule has 2 unspecified atom stereocenters. The monoisotopic (exact) mass is 497 g/mol. The predicted molar refractivity (Wildman–Crippen MR) is 142 cm³/mol. The molecular formula is C29H40FN3O3. The van der Waals surface area contributed by atoms with Crippen molar-refractivity contribution < 1.29 is 18.7 Å². The molecule has 1 N–H and O–H groups in total. The molecule has 2 aromatic rings. The molecule has 36 heavy (non-hydrogen) atoms. The fraction of sp³-hybridized carbons (Fsp3) is 0.483. The van der Waals surface area contributed by atoms with Crippen molar-refractivity contribution in [3.63, 3.8) is 0 Å². The summed E-state index contributed by atoms with van der Waals surface area (Å²) in [4.78, 5) is 11.9. The van der Waals surface area contributed by atoms with Crippen molar-refractivity contribution in [2.24, 2.45) is 11.8 Å².